The zero-order chi connectivity index (χ0) is 24.0. The lowest BCUT2D eigenvalue weighted by Gasteiger charge is -2.24. The molecule has 178 valence electrons. The average Bonchev–Trinajstić information content (AvgIpc) is 3.51. The van der Waals surface area contributed by atoms with Crippen molar-refractivity contribution in [2.24, 2.45) is 11.8 Å². The lowest BCUT2D eigenvalue weighted by atomic mass is 9.77. The van der Waals surface area contributed by atoms with Gasteiger partial charge in [0.05, 0.1) is 52.9 Å². The van der Waals surface area contributed by atoms with E-state index in [1.165, 1.54) is 21.3 Å². The molecule has 0 saturated carbocycles. The first-order valence-corrected chi connectivity index (χ1v) is 10.9. The molecule has 1 spiro atoms. The summed E-state index contributed by atoms with van der Waals surface area (Å²) < 4.78 is 27.5. The van der Waals surface area contributed by atoms with Gasteiger partial charge in [0.15, 0.2) is 11.5 Å². The van der Waals surface area contributed by atoms with Crippen LogP contribution in [-0.4, -0.2) is 58.5 Å². The van der Waals surface area contributed by atoms with E-state index in [0.717, 1.165) is 5.69 Å². The standard InChI is InChI=1S/C25H26N2O7/c1-30-16-7-5-15(6-8-16)27-13-25-10-9-17(34-25)20(21(25)24(27)29)23(28)26-14-11-18(31-2)22(33-4)19(12-14)32-3/h5-12,17,20-21H,13H2,1-4H3,(H,26,28)/t17?,20?,21?,25-/m1/s1. The maximum Gasteiger partial charge on any atom is 0.234 e. The van der Waals surface area contributed by atoms with Crippen LogP contribution in [0, 0.1) is 11.8 Å². The van der Waals surface area contributed by atoms with E-state index in [0.29, 0.717) is 35.2 Å². The van der Waals surface area contributed by atoms with Crippen molar-refractivity contribution in [3.05, 3.63) is 48.6 Å². The van der Waals surface area contributed by atoms with Crippen LogP contribution in [0.5, 0.6) is 23.0 Å². The Morgan fingerprint density at radius 1 is 1.03 bits per heavy atom. The van der Waals surface area contributed by atoms with Crippen molar-refractivity contribution in [3.8, 4) is 23.0 Å². The average molecular weight is 466 g/mol. The van der Waals surface area contributed by atoms with Gasteiger partial charge in [-0.15, -0.1) is 0 Å². The second kappa shape index (κ2) is 8.25. The lowest BCUT2D eigenvalue weighted by Crippen LogP contribution is -2.41. The smallest absolute Gasteiger partial charge is 0.234 e. The molecule has 2 bridgehead atoms. The molecule has 3 aliphatic heterocycles. The van der Waals surface area contributed by atoms with Crippen molar-refractivity contribution < 1.29 is 33.3 Å². The van der Waals surface area contributed by atoms with Crippen LogP contribution in [0.4, 0.5) is 11.4 Å². The van der Waals surface area contributed by atoms with Crippen LogP contribution in [0.15, 0.2) is 48.6 Å². The number of nitrogens with one attached hydrogen (secondary N) is 1. The second-order valence-electron chi connectivity index (χ2n) is 8.43. The van der Waals surface area contributed by atoms with E-state index >= 15 is 0 Å². The zero-order valence-electron chi connectivity index (χ0n) is 19.4. The first-order chi connectivity index (χ1) is 16.4. The van der Waals surface area contributed by atoms with Crippen molar-refractivity contribution in [1.29, 1.82) is 0 Å². The van der Waals surface area contributed by atoms with Gasteiger partial charge in [-0.2, -0.15) is 0 Å². The largest absolute Gasteiger partial charge is 0.497 e. The van der Waals surface area contributed by atoms with Crippen LogP contribution in [0.25, 0.3) is 0 Å². The fourth-order valence-electron chi connectivity index (χ4n) is 5.16. The minimum Gasteiger partial charge on any atom is -0.497 e. The Morgan fingerprint density at radius 2 is 1.71 bits per heavy atom. The van der Waals surface area contributed by atoms with Gasteiger partial charge in [0.1, 0.15) is 11.4 Å². The molecule has 2 amide bonds. The van der Waals surface area contributed by atoms with Gasteiger partial charge in [-0.3, -0.25) is 9.59 Å². The quantitative estimate of drug-likeness (QED) is 0.627. The maximum atomic E-state index is 13.5. The van der Waals surface area contributed by atoms with Gasteiger partial charge in [0.25, 0.3) is 0 Å². The van der Waals surface area contributed by atoms with E-state index in [1.54, 1.807) is 36.3 Å². The molecule has 2 fully saturated rings. The number of anilines is 2. The minimum absolute atomic E-state index is 0.137. The summed E-state index contributed by atoms with van der Waals surface area (Å²) in [6, 6.07) is 10.6. The Kier molecular flexibility index (Phi) is 5.36. The lowest BCUT2D eigenvalue weighted by molar-refractivity contribution is -0.128. The number of amides is 2. The van der Waals surface area contributed by atoms with Gasteiger partial charge in [-0.1, -0.05) is 12.2 Å². The molecule has 2 saturated heterocycles. The van der Waals surface area contributed by atoms with Crippen LogP contribution >= 0.6 is 0 Å². The van der Waals surface area contributed by atoms with E-state index in [9.17, 15) is 9.59 Å². The molecular formula is C25H26N2O7. The molecule has 9 heteroatoms. The van der Waals surface area contributed by atoms with E-state index in [4.69, 9.17) is 23.7 Å². The topological polar surface area (TPSA) is 95.6 Å². The number of carbonyl (C=O) groups is 2. The predicted octanol–water partition coefficient (Wildman–Crippen LogP) is 2.65. The van der Waals surface area contributed by atoms with Gasteiger partial charge < -0.3 is 33.9 Å². The number of hydrogen-bond acceptors (Lipinski definition) is 7. The number of ether oxygens (including phenoxy) is 5. The third-order valence-electron chi connectivity index (χ3n) is 6.72. The summed E-state index contributed by atoms with van der Waals surface area (Å²) in [7, 11) is 6.11. The molecule has 4 atom stereocenters. The summed E-state index contributed by atoms with van der Waals surface area (Å²) in [5, 5.41) is 2.91. The first-order valence-electron chi connectivity index (χ1n) is 10.9. The molecule has 9 nitrogen and oxygen atoms in total. The summed E-state index contributed by atoms with van der Waals surface area (Å²) >= 11 is 0. The Morgan fingerprint density at radius 3 is 2.29 bits per heavy atom. The number of benzene rings is 2. The van der Waals surface area contributed by atoms with Crippen LogP contribution < -0.4 is 29.2 Å². The highest BCUT2D eigenvalue weighted by atomic mass is 16.5. The van der Waals surface area contributed by atoms with Gasteiger partial charge in [0, 0.05) is 23.5 Å². The Balaban J connectivity index is 1.41. The van der Waals surface area contributed by atoms with E-state index in [-0.39, 0.29) is 11.8 Å². The third kappa shape index (κ3) is 3.27. The number of methoxy groups -OCH3 is 4. The Labute approximate surface area is 197 Å². The molecule has 0 aliphatic carbocycles. The van der Waals surface area contributed by atoms with Gasteiger partial charge >= 0.3 is 0 Å². The summed E-state index contributed by atoms with van der Waals surface area (Å²) in [6.45, 7) is 0.351. The van der Waals surface area contributed by atoms with Crippen molar-refractivity contribution in [1.82, 2.24) is 0 Å². The molecular weight excluding hydrogens is 440 g/mol. The molecule has 3 unspecified atom stereocenters. The summed E-state index contributed by atoms with van der Waals surface area (Å²) in [5.41, 5.74) is 0.385. The first kappa shape index (κ1) is 22.1. The van der Waals surface area contributed by atoms with Gasteiger partial charge in [0.2, 0.25) is 17.6 Å². The highest BCUT2D eigenvalue weighted by Crippen LogP contribution is 2.53. The van der Waals surface area contributed by atoms with E-state index in [1.807, 2.05) is 24.3 Å². The van der Waals surface area contributed by atoms with E-state index in [2.05, 4.69) is 5.32 Å². The fourth-order valence-corrected chi connectivity index (χ4v) is 5.16. The maximum absolute atomic E-state index is 13.5. The van der Waals surface area contributed by atoms with Crippen LogP contribution in [0.2, 0.25) is 0 Å². The second-order valence-corrected chi connectivity index (χ2v) is 8.43. The highest BCUT2D eigenvalue weighted by Gasteiger charge is 2.67. The third-order valence-corrected chi connectivity index (χ3v) is 6.72. The van der Waals surface area contributed by atoms with Crippen LogP contribution in [-0.2, 0) is 14.3 Å². The van der Waals surface area contributed by atoms with Gasteiger partial charge in [-0.25, -0.2) is 0 Å². The summed E-state index contributed by atoms with van der Waals surface area (Å²) in [6.07, 6.45) is 3.34. The summed E-state index contributed by atoms with van der Waals surface area (Å²) in [4.78, 5) is 28.6. The number of fused-ring (bicyclic) bond motifs is 1. The minimum atomic E-state index is -0.820. The SMILES string of the molecule is COc1ccc(N2C[C@@]34C=CC(O3)C(C(=O)Nc3cc(OC)c(OC)c(OC)c3)C4C2=O)cc1. The number of hydrogen-bond donors (Lipinski definition) is 1. The number of carbonyl (C=O) groups excluding carboxylic acids is 2. The number of nitrogens with zero attached hydrogens (tertiary/aromatic N) is 1. The fraction of sp³-hybridized carbons (Fsp3) is 0.360. The Bertz CT molecular complexity index is 1140. The molecule has 5 rings (SSSR count). The highest BCUT2D eigenvalue weighted by molar-refractivity contribution is 6.05. The van der Waals surface area contributed by atoms with Crippen molar-refractivity contribution in [2.45, 2.75) is 11.7 Å². The molecule has 3 heterocycles. The number of rotatable bonds is 7. The van der Waals surface area contributed by atoms with Crippen molar-refractivity contribution in [3.63, 3.8) is 0 Å². The van der Waals surface area contributed by atoms with Crippen LogP contribution in [0.3, 0.4) is 0 Å². The van der Waals surface area contributed by atoms with Crippen molar-refractivity contribution in [2.75, 3.05) is 45.2 Å². The Hall–Kier alpha value is -3.72. The van der Waals surface area contributed by atoms with Crippen LogP contribution in [0.1, 0.15) is 0 Å². The van der Waals surface area contributed by atoms with E-state index < -0.39 is 23.5 Å². The monoisotopic (exact) mass is 466 g/mol. The predicted molar refractivity (Wildman–Crippen MR) is 124 cm³/mol. The summed E-state index contributed by atoms with van der Waals surface area (Å²) in [5.74, 6) is 0.234. The zero-order valence-corrected chi connectivity index (χ0v) is 19.4. The van der Waals surface area contributed by atoms with Gasteiger partial charge in [-0.05, 0) is 24.3 Å². The molecule has 3 aliphatic rings. The molecule has 0 radical (unpaired) electrons. The molecule has 2 aromatic rings. The molecule has 2 aromatic carbocycles. The molecule has 34 heavy (non-hydrogen) atoms. The molecule has 0 aromatic heterocycles. The molecule has 1 N–H and O–H groups in total. The van der Waals surface area contributed by atoms with Crippen molar-refractivity contribution >= 4 is 23.2 Å². The normalized spacial score (nSPS) is 26.4.